The van der Waals surface area contributed by atoms with Crippen molar-refractivity contribution >= 4 is 12.0 Å². The highest BCUT2D eigenvalue weighted by Gasteiger charge is 2.61. The second kappa shape index (κ2) is 6.56. The molecule has 6 atom stereocenters. The fraction of sp³-hybridized carbons (Fsp3) is 0.579. The van der Waals surface area contributed by atoms with Gasteiger partial charge in [-0.15, -0.1) is 0 Å². The number of ether oxygens (including phenoxy) is 4. The van der Waals surface area contributed by atoms with Crippen molar-refractivity contribution in [1.82, 2.24) is 4.90 Å². The zero-order valence-electron chi connectivity index (χ0n) is 15.4. The monoisotopic (exact) mass is 377 g/mol. The molecule has 0 spiro atoms. The van der Waals surface area contributed by atoms with E-state index >= 15 is 0 Å². The maximum absolute atomic E-state index is 13.2. The minimum Gasteiger partial charge on any atom is -0.438 e. The highest BCUT2D eigenvalue weighted by Crippen LogP contribution is 2.40. The van der Waals surface area contributed by atoms with Gasteiger partial charge in [0.1, 0.15) is 12.2 Å². The summed E-state index contributed by atoms with van der Waals surface area (Å²) >= 11 is 0. The normalized spacial score (nSPS) is 33.8. The minimum atomic E-state index is -0.992. The summed E-state index contributed by atoms with van der Waals surface area (Å²) in [7, 11) is 0. The van der Waals surface area contributed by atoms with E-state index in [-0.39, 0.29) is 6.61 Å². The van der Waals surface area contributed by atoms with E-state index in [1.165, 1.54) is 6.92 Å². The molecule has 1 aromatic rings. The minimum absolute atomic E-state index is 0.281. The SMILES string of the molecule is C[C@@H](O)[C@@H](C(=O)N1C(=O)O[C@@H]2[C@H]3OC(C)(C)OC[C@H]3O[C@@H]21)c1ccccc1. The van der Waals surface area contributed by atoms with E-state index in [2.05, 4.69) is 0 Å². The van der Waals surface area contributed by atoms with Crippen molar-refractivity contribution in [2.45, 2.75) is 63.1 Å². The predicted octanol–water partition coefficient (Wildman–Crippen LogP) is 1.37. The molecule has 3 saturated heterocycles. The van der Waals surface area contributed by atoms with Crippen molar-refractivity contribution in [2.75, 3.05) is 6.61 Å². The second-order valence-electron chi connectivity index (χ2n) is 7.54. The Morgan fingerprint density at radius 1 is 1.26 bits per heavy atom. The smallest absolute Gasteiger partial charge is 0.419 e. The molecule has 146 valence electrons. The molecule has 1 N–H and O–H groups in total. The maximum atomic E-state index is 13.2. The maximum Gasteiger partial charge on any atom is 0.419 e. The second-order valence-corrected chi connectivity index (χ2v) is 7.54. The van der Waals surface area contributed by atoms with Crippen molar-refractivity contribution in [3.8, 4) is 0 Å². The van der Waals surface area contributed by atoms with Gasteiger partial charge in [0, 0.05) is 0 Å². The van der Waals surface area contributed by atoms with Crippen LogP contribution in [0.2, 0.25) is 0 Å². The lowest BCUT2D eigenvalue weighted by atomic mass is 9.92. The van der Waals surface area contributed by atoms with Crippen LogP contribution in [0.25, 0.3) is 0 Å². The van der Waals surface area contributed by atoms with Crippen molar-refractivity contribution in [3.05, 3.63) is 35.9 Å². The topological polar surface area (TPSA) is 94.5 Å². The summed E-state index contributed by atoms with van der Waals surface area (Å²) in [6.45, 7) is 5.34. The molecule has 0 bridgehead atoms. The molecule has 0 radical (unpaired) electrons. The van der Waals surface area contributed by atoms with Gasteiger partial charge < -0.3 is 24.1 Å². The van der Waals surface area contributed by atoms with Crippen LogP contribution >= 0.6 is 0 Å². The van der Waals surface area contributed by atoms with E-state index in [1.54, 1.807) is 38.1 Å². The van der Waals surface area contributed by atoms with E-state index in [0.717, 1.165) is 4.90 Å². The van der Waals surface area contributed by atoms with Gasteiger partial charge in [-0.05, 0) is 26.3 Å². The number of hydrogen-bond donors (Lipinski definition) is 1. The fourth-order valence-electron chi connectivity index (χ4n) is 3.89. The molecular weight excluding hydrogens is 354 g/mol. The zero-order valence-corrected chi connectivity index (χ0v) is 15.4. The van der Waals surface area contributed by atoms with Crippen LogP contribution in [0.4, 0.5) is 4.79 Å². The van der Waals surface area contributed by atoms with Crippen LogP contribution < -0.4 is 0 Å². The Bertz CT molecular complexity index is 735. The average molecular weight is 377 g/mol. The summed E-state index contributed by atoms with van der Waals surface area (Å²) in [6, 6.07) is 8.84. The highest BCUT2D eigenvalue weighted by molar-refractivity contribution is 5.97. The third-order valence-electron chi connectivity index (χ3n) is 5.13. The molecular formula is C19H23NO7. The number of benzene rings is 1. The molecule has 8 nitrogen and oxygen atoms in total. The van der Waals surface area contributed by atoms with Gasteiger partial charge in [0.05, 0.1) is 18.6 Å². The quantitative estimate of drug-likeness (QED) is 0.850. The Kier molecular flexibility index (Phi) is 4.46. The third kappa shape index (κ3) is 3.12. The summed E-state index contributed by atoms with van der Waals surface area (Å²) < 4.78 is 22.8. The summed E-state index contributed by atoms with van der Waals surface area (Å²) in [4.78, 5) is 26.6. The highest BCUT2D eigenvalue weighted by atomic mass is 16.8. The Morgan fingerprint density at radius 3 is 2.63 bits per heavy atom. The van der Waals surface area contributed by atoms with Crippen molar-refractivity contribution in [2.24, 2.45) is 0 Å². The fourth-order valence-corrected chi connectivity index (χ4v) is 3.89. The van der Waals surface area contributed by atoms with Gasteiger partial charge in [0.2, 0.25) is 5.91 Å². The number of nitrogens with zero attached hydrogens (tertiary/aromatic N) is 1. The lowest BCUT2D eigenvalue weighted by Crippen LogP contribution is -2.50. The number of fused-ring (bicyclic) bond motifs is 3. The van der Waals surface area contributed by atoms with Crippen molar-refractivity contribution < 1.29 is 33.6 Å². The zero-order chi connectivity index (χ0) is 19.3. The average Bonchev–Trinajstić information content (AvgIpc) is 3.09. The standard InChI is InChI=1S/C19H23NO7/c1-10(21)13(11-7-5-4-6-8-11)16(22)20-17-15(26-18(20)23)14-12(25-17)9-24-19(2,3)27-14/h4-8,10,12-15,17,21H,9H2,1-3H3/t10-,12-,13-,14+,15-,17+/m1/s1. The summed E-state index contributed by atoms with van der Waals surface area (Å²) in [6.07, 6.45) is -4.35. The number of aliphatic hydroxyl groups is 1. The van der Waals surface area contributed by atoms with E-state index in [9.17, 15) is 14.7 Å². The molecule has 0 aliphatic carbocycles. The Hall–Kier alpha value is -2.00. The van der Waals surface area contributed by atoms with Gasteiger partial charge in [-0.25, -0.2) is 9.69 Å². The molecule has 0 aromatic heterocycles. The Morgan fingerprint density at radius 2 is 1.96 bits per heavy atom. The van der Waals surface area contributed by atoms with Crippen LogP contribution in [-0.2, 0) is 23.7 Å². The molecule has 3 heterocycles. The van der Waals surface area contributed by atoms with Crippen molar-refractivity contribution in [1.29, 1.82) is 0 Å². The largest absolute Gasteiger partial charge is 0.438 e. The molecule has 1 aromatic carbocycles. The number of carbonyl (C=O) groups excluding carboxylic acids is 2. The number of hydrogen-bond acceptors (Lipinski definition) is 7. The van der Waals surface area contributed by atoms with E-state index in [4.69, 9.17) is 18.9 Å². The van der Waals surface area contributed by atoms with E-state index < -0.39 is 54.3 Å². The molecule has 4 rings (SSSR count). The van der Waals surface area contributed by atoms with Crippen LogP contribution in [0.1, 0.15) is 32.3 Å². The molecule has 3 aliphatic rings. The first-order chi connectivity index (χ1) is 12.8. The first-order valence-corrected chi connectivity index (χ1v) is 9.02. The van der Waals surface area contributed by atoms with E-state index in [0.29, 0.717) is 5.56 Å². The molecule has 0 saturated carbocycles. The van der Waals surface area contributed by atoms with Crippen LogP contribution in [0, 0.1) is 0 Å². The molecule has 0 unspecified atom stereocenters. The third-order valence-corrected chi connectivity index (χ3v) is 5.13. The summed E-state index contributed by atoms with van der Waals surface area (Å²) in [5.41, 5.74) is 0.616. The number of aliphatic hydroxyl groups excluding tert-OH is 1. The molecule has 3 fully saturated rings. The van der Waals surface area contributed by atoms with Gasteiger partial charge in [0.25, 0.3) is 0 Å². The van der Waals surface area contributed by atoms with Crippen LogP contribution in [0.5, 0.6) is 0 Å². The van der Waals surface area contributed by atoms with Gasteiger partial charge in [-0.2, -0.15) is 0 Å². The van der Waals surface area contributed by atoms with Crippen molar-refractivity contribution in [3.63, 3.8) is 0 Å². The number of carbonyl (C=O) groups is 2. The van der Waals surface area contributed by atoms with Gasteiger partial charge in [-0.1, -0.05) is 30.3 Å². The van der Waals surface area contributed by atoms with E-state index in [1.807, 2.05) is 6.07 Å². The lowest BCUT2D eigenvalue weighted by molar-refractivity contribution is -0.301. The lowest BCUT2D eigenvalue weighted by Gasteiger charge is -2.37. The predicted molar refractivity (Wildman–Crippen MR) is 91.5 cm³/mol. The van der Waals surface area contributed by atoms with Gasteiger partial charge >= 0.3 is 6.09 Å². The first-order valence-electron chi connectivity index (χ1n) is 9.02. The molecule has 2 amide bonds. The summed E-state index contributed by atoms with van der Waals surface area (Å²) in [5, 5.41) is 10.2. The summed E-state index contributed by atoms with van der Waals surface area (Å²) in [5.74, 6) is -2.29. The van der Waals surface area contributed by atoms with Crippen LogP contribution in [-0.4, -0.2) is 65.0 Å². The Labute approximate surface area is 156 Å². The number of rotatable bonds is 3. The van der Waals surface area contributed by atoms with Gasteiger partial charge in [0.15, 0.2) is 18.1 Å². The molecule has 3 aliphatic heterocycles. The Balaban J connectivity index is 1.60. The van der Waals surface area contributed by atoms with Crippen LogP contribution in [0.3, 0.4) is 0 Å². The number of imide groups is 1. The van der Waals surface area contributed by atoms with Gasteiger partial charge in [-0.3, -0.25) is 4.79 Å². The number of amides is 2. The van der Waals surface area contributed by atoms with Crippen LogP contribution in [0.15, 0.2) is 30.3 Å². The first kappa shape index (κ1) is 18.4. The molecule has 27 heavy (non-hydrogen) atoms. The molecule has 8 heteroatoms.